The predicted octanol–water partition coefficient (Wildman–Crippen LogP) is 2.23. The van der Waals surface area contributed by atoms with Crippen LogP contribution >= 0.6 is 11.3 Å². The molecule has 0 spiro atoms. The Labute approximate surface area is 123 Å². The molecular formula is C15H12N2O3S. The topological polar surface area (TPSA) is 82.2 Å². The van der Waals surface area contributed by atoms with Crippen LogP contribution in [0.15, 0.2) is 46.6 Å². The Morgan fingerprint density at radius 2 is 2.05 bits per heavy atom. The van der Waals surface area contributed by atoms with Crippen LogP contribution in [0.2, 0.25) is 0 Å². The average Bonchev–Trinajstić information content (AvgIpc) is 2.91. The van der Waals surface area contributed by atoms with E-state index in [0.717, 1.165) is 16.7 Å². The van der Waals surface area contributed by atoms with Gasteiger partial charge < -0.3 is 15.4 Å². The van der Waals surface area contributed by atoms with Crippen molar-refractivity contribution < 1.29 is 9.90 Å². The lowest BCUT2D eigenvalue weighted by molar-refractivity contribution is 0.0948. The van der Waals surface area contributed by atoms with Gasteiger partial charge in [-0.05, 0) is 11.5 Å². The summed E-state index contributed by atoms with van der Waals surface area (Å²) in [6.45, 7) is 0.212. The van der Waals surface area contributed by atoms with Crippen molar-refractivity contribution in [3.63, 3.8) is 0 Å². The third-order valence-electron chi connectivity index (χ3n) is 3.16. The van der Waals surface area contributed by atoms with Crippen molar-refractivity contribution in [2.45, 2.75) is 6.54 Å². The fraction of sp³-hybridized carbons (Fsp3) is 0.0667. The highest BCUT2D eigenvalue weighted by atomic mass is 32.1. The fourth-order valence-electron chi connectivity index (χ4n) is 2.11. The van der Waals surface area contributed by atoms with Gasteiger partial charge >= 0.3 is 4.87 Å². The number of aromatic nitrogens is 1. The van der Waals surface area contributed by atoms with Crippen molar-refractivity contribution in [2.75, 3.05) is 0 Å². The number of carbonyl (C=O) groups is 1. The number of rotatable bonds is 3. The number of hydrogen-bond acceptors (Lipinski definition) is 4. The summed E-state index contributed by atoms with van der Waals surface area (Å²) in [7, 11) is 0. The first-order valence-electron chi connectivity index (χ1n) is 6.31. The molecule has 0 fully saturated rings. The number of phenolic OH excluding ortho intramolecular Hbond substituents is 1. The van der Waals surface area contributed by atoms with Crippen LogP contribution in [-0.4, -0.2) is 16.0 Å². The van der Waals surface area contributed by atoms with Gasteiger partial charge in [0.15, 0.2) is 0 Å². The molecule has 3 N–H and O–H groups in total. The molecule has 0 aliphatic heterocycles. The molecule has 0 atom stereocenters. The zero-order valence-corrected chi connectivity index (χ0v) is 11.7. The molecule has 0 saturated heterocycles. The van der Waals surface area contributed by atoms with Crippen molar-refractivity contribution in [2.24, 2.45) is 0 Å². The van der Waals surface area contributed by atoms with E-state index >= 15 is 0 Å². The number of carbonyl (C=O) groups excluding carboxylic acids is 1. The van der Waals surface area contributed by atoms with E-state index in [1.165, 1.54) is 0 Å². The zero-order valence-electron chi connectivity index (χ0n) is 10.9. The van der Waals surface area contributed by atoms with E-state index in [1.54, 1.807) is 29.6 Å². The van der Waals surface area contributed by atoms with E-state index in [9.17, 15) is 14.7 Å². The van der Waals surface area contributed by atoms with Gasteiger partial charge in [0.25, 0.3) is 5.91 Å². The van der Waals surface area contributed by atoms with Gasteiger partial charge in [0.05, 0.1) is 12.1 Å². The number of fused-ring (bicyclic) bond motifs is 1. The summed E-state index contributed by atoms with van der Waals surface area (Å²) in [5, 5.41) is 16.0. The van der Waals surface area contributed by atoms with E-state index in [-0.39, 0.29) is 28.6 Å². The van der Waals surface area contributed by atoms with Gasteiger partial charge in [0.1, 0.15) is 5.75 Å². The number of benzene rings is 2. The zero-order chi connectivity index (χ0) is 14.8. The van der Waals surface area contributed by atoms with E-state index in [0.29, 0.717) is 11.1 Å². The van der Waals surface area contributed by atoms with E-state index in [2.05, 4.69) is 10.3 Å². The van der Waals surface area contributed by atoms with E-state index in [4.69, 9.17) is 0 Å². The minimum absolute atomic E-state index is 0.0376. The minimum Gasteiger partial charge on any atom is -0.506 e. The molecule has 1 aromatic heterocycles. The molecule has 106 valence electrons. The lowest BCUT2D eigenvalue weighted by Gasteiger charge is -2.08. The van der Waals surface area contributed by atoms with Crippen molar-refractivity contribution >= 4 is 28.0 Å². The van der Waals surface area contributed by atoms with Crippen LogP contribution in [0, 0.1) is 0 Å². The summed E-state index contributed by atoms with van der Waals surface area (Å²) in [5.41, 5.74) is 0.852. The van der Waals surface area contributed by atoms with Crippen LogP contribution in [-0.2, 0) is 6.54 Å². The Bertz CT molecular complexity index is 866. The van der Waals surface area contributed by atoms with Crippen LogP contribution in [0.3, 0.4) is 0 Å². The molecule has 0 bridgehead atoms. The molecule has 1 amide bonds. The van der Waals surface area contributed by atoms with Gasteiger partial charge in [-0.2, -0.15) is 0 Å². The Morgan fingerprint density at radius 3 is 2.81 bits per heavy atom. The average molecular weight is 300 g/mol. The first kappa shape index (κ1) is 13.4. The molecule has 3 aromatic rings. The van der Waals surface area contributed by atoms with Crippen LogP contribution < -0.4 is 10.2 Å². The second-order valence-electron chi connectivity index (χ2n) is 4.54. The number of nitrogens with one attached hydrogen (secondary N) is 2. The van der Waals surface area contributed by atoms with Crippen molar-refractivity contribution in [3.05, 3.63) is 62.7 Å². The molecule has 0 unspecified atom stereocenters. The minimum atomic E-state index is -0.384. The highest BCUT2D eigenvalue weighted by molar-refractivity contribution is 7.07. The summed E-state index contributed by atoms with van der Waals surface area (Å²) in [6.07, 6.45) is 0. The number of phenols is 1. The Kier molecular flexibility index (Phi) is 3.45. The van der Waals surface area contributed by atoms with Crippen LogP contribution in [0.1, 0.15) is 16.1 Å². The molecule has 0 aliphatic carbocycles. The van der Waals surface area contributed by atoms with Gasteiger partial charge in [-0.25, -0.2) is 0 Å². The monoisotopic (exact) mass is 300 g/mol. The maximum Gasteiger partial charge on any atom is 0.304 e. The summed E-state index contributed by atoms with van der Waals surface area (Å²) < 4.78 is 0. The molecule has 5 nitrogen and oxygen atoms in total. The molecule has 0 radical (unpaired) electrons. The highest BCUT2D eigenvalue weighted by Crippen LogP contribution is 2.28. The maximum atomic E-state index is 12.1. The number of amides is 1. The first-order chi connectivity index (χ1) is 10.1. The second kappa shape index (κ2) is 5.41. The Morgan fingerprint density at radius 1 is 1.24 bits per heavy atom. The first-order valence-corrected chi connectivity index (χ1v) is 7.19. The quantitative estimate of drug-likeness (QED) is 0.693. The maximum absolute atomic E-state index is 12.1. The molecule has 3 rings (SSSR count). The number of aromatic amines is 1. The summed E-state index contributed by atoms with van der Waals surface area (Å²) >= 11 is 1.05. The van der Waals surface area contributed by atoms with Gasteiger partial charge in [-0.15, -0.1) is 0 Å². The largest absolute Gasteiger partial charge is 0.506 e. The van der Waals surface area contributed by atoms with Crippen molar-refractivity contribution in [1.29, 1.82) is 0 Å². The third-order valence-corrected chi connectivity index (χ3v) is 3.87. The summed E-state index contributed by atoms with van der Waals surface area (Å²) in [6, 6.07) is 10.7. The SMILES string of the molecule is O=C(NCc1csc(=O)[nH]1)c1ccc2ccccc2c1O. The molecule has 0 aliphatic rings. The van der Waals surface area contributed by atoms with Crippen molar-refractivity contribution in [1.82, 2.24) is 10.3 Å². The molecule has 0 saturated carbocycles. The standard InChI is InChI=1S/C15H12N2O3S/c18-13-11-4-2-1-3-9(11)5-6-12(13)14(19)16-7-10-8-21-15(20)17-10/h1-6,8,18H,7H2,(H,16,19)(H,17,20). The van der Waals surface area contributed by atoms with E-state index in [1.807, 2.05) is 12.1 Å². The third kappa shape index (κ3) is 2.66. The van der Waals surface area contributed by atoms with Gasteiger partial charge in [-0.3, -0.25) is 9.59 Å². The summed E-state index contributed by atoms with van der Waals surface area (Å²) in [4.78, 5) is 25.6. The predicted molar refractivity (Wildman–Crippen MR) is 81.7 cm³/mol. The number of hydrogen-bond donors (Lipinski definition) is 3. The van der Waals surface area contributed by atoms with E-state index < -0.39 is 0 Å². The molecule has 6 heteroatoms. The van der Waals surface area contributed by atoms with Crippen LogP contribution in [0.25, 0.3) is 10.8 Å². The van der Waals surface area contributed by atoms with Crippen molar-refractivity contribution in [3.8, 4) is 5.75 Å². The molecular weight excluding hydrogens is 288 g/mol. The van der Waals surface area contributed by atoms with Gasteiger partial charge in [-0.1, -0.05) is 41.7 Å². The second-order valence-corrected chi connectivity index (χ2v) is 5.38. The highest BCUT2D eigenvalue weighted by Gasteiger charge is 2.13. The summed E-state index contributed by atoms with van der Waals surface area (Å²) in [5.74, 6) is -0.422. The molecule has 2 aromatic carbocycles. The normalized spacial score (nSPS) is 10.7. The number of thiazole rings is 1. The molecule has 1 heterocycles. The van der Waals surface area contributed by atoms with Gasteiger partial charge in [0, 0.05) is 16.5 Å². The molecule has 21 heavy (non-hydrogen) atoms. The smallest absolute Gasteiger partial charge is 0.304 e. The van der Waals surface area contributed by atoms with Crippen LogP contribution in [0.4, 0.5) is 0 Å². The lowest BCUT2D eigenvalue weighted by atomic mass is 10.0. The fourth-order valence-corrected chi connectivity index (χ4v) is 2.69. The number of aromatic hydroxyl groups is 1. The number of H-pyrrole nitrogens is 1. The Hall–Kier alpha value is -2.60. The van der Waals surface area contributed by atoms with Crippen LogP contribution in [0.5, 0.6) is 5.75 Å². The van der Waals surface area contributed by atoms with Gasteiger partial charge in [0.2, 0.25) is 0 Å². The lowest BCUT2D eigenvalue weighted by Crippen LogP contribution is -2.23. The Balaban J connectivity index is 1.84.